The second-order valence-corrected chi connectivity index (χ2v) is 7.43. The molecule has 1 aliphatic rings. The van der Waals surface area contributed by atoms with Crippen LogP contribution in [0.15, 0.2) is 42.5 Å². The van der Waals surface area contributed by atoms with Crippen molar-refractivity contribution in [2.24, 2.45) is 5.92 Å². The number of allylic oxidation sites excluding steroid dienone is 3. The molecule has 130 valence electrons. The Morgan fingerprint density at radius 3 is 2.62 bits per heavy atom. The number of benzene rings is 1. The third kappa shape index (κ3) is 4.84. The molecule has 1 amide bonds. The highest BCUT2D eigenvalue weighted by Crippen LogP contribution is 2.56. The van der Waals surface area contributed by atoms with Gasteiger partial charge in [-0.05, 0) is 43.0 Å². The lowest BCUT2D eigenvalue weighted by Gasteiger charge is -2.15. The molecule has 1 fully saturated rings. The number of hydrogen-bond donors (Lipinski definition) is 1. The molecule has 1 aromatic carbocycles. The van der Waals surface area contributed by atoms with Gasteiger partial charge in [-0.15, -0.1) is 0 Å². The molecule has 5 heteroatoms. The lowest BCUT2D eigenvalue weighted by molar-refractivity contribution is -0.117. The standard InChI is InChI=1S/C19H22Cl2FNO/c1-12(2)13(3)23-18(24)6-4-5-9-19(22)11-15(19)14-7-8-16(20)17(21)10-14/h4-10,12-13,15H,11H2,1-3H3,(H,23,24)/b6-4+,9-5+. The average molecular weight is 370 g/mol. The minimum atomic E-state index is -1.39. The van der Waals surface area contributed by atoms with Gasteiger partial charge in [0.15, 0.2) is 0 Å². The summed E-state index contributed by atoms with van der Waals surface area (Å²) in [4.78, 5) is 11.7. The molecule has 1 aliphatic carbocycles. The maximum atomic E-state index is 14.6. The van der Waals surface area contributed by atoms with Gasteiger partial charge in [-0.2, -0.15) is 0 Å². The second-order valence-electron chi connectivity index (χ2n) is 6.62. The largest absolute Gasteiger partial charge is 0.350 e. The summed E-state index contributed by atoms with van der Waals surface area (Å²) in [6.07, 6.45) is 6.46. The van der Waals surface area contributed by atoms with Crippen LogP contribution in [0.25, 0.3) is 0 Å². The van der Waals surface area contributed by atoms with Crippen molar-refractivity contribution in [2.45, 2.75) is 44.8 Å². The molecule has 0 aliphatic heterocycles. The fourth-order valence-corrected chi connectivity index (χ4v) is 2.67. The summed E-state index contributed by atoms with van der Waals surface area (Å²) < 4.78 is 14.6. The van der Waals surface area contributed by atoms with E-state index in [0.717, 1.165) is 5.56 Å². The van der Waals surface area contributed by atoms with Gasteiger partial charge in [0, 0.05) is 18.0 Å². The van der Waals surface area contributed by atoms with Crippen LogP contribution >= 0.6 is 23.2 Å². The van der Waals surface area contributed by atoms with E-state index in [1.165, 1.54) is 12.2 Å². The van der Waals surface area contributed by atoms with Gasteiger partial charge >= 0.3 is 0 Å². The van der Waals surface area contributed by atoms with Gasteiger partial charge in [-0.3, -0.25) is 4.79 Å². The molecule has 1 saturated carbocycles. The number of carbonyl (C=O) groups excluding carboxylic acids is 1. The summed E-state index contributed by atoms with van der Waals surface area (Å²) in [6, 6.07) is 5.29. The highest BCUT2D eigenvalue weighted by Gasteiger charge is 2.54. The van der Waals surface area contributed by atoms with E-state index in [1.54, 1.807) is 30.4 Å². The van der Waals surface area contributed by atoms with Crippen LogP contribution in [0.4, 0.5) is 4.39 Å². The van der Waals surface area contributed by atoms with Crippen LogP contribution in [-0.2, 0) is 4.79 Å². The molecule has 3 unspecified atom stereocenters. The molecule has 0 saturated heterocycles. The molecule has 2 rings (SSSR count). The van der Waals surface area contributed by atoms with Gasteiger partial charge in [0.2, 0.25) is 5.91 Å². The van der Waals surface area contributed by atoms with E-state index in [0.29, 0.717) is 22.4 Å². The van der Waals surface area contributed by atoms with Crippen LogP contribution in [0.1, 0.15) is 38.7 Å². The molecule has 0 heterocycles. The zero-order chi connectivity index (χ0) is 17.9. The Kier molecular flexibility index (Phi) is 6.11. The van der Waals surface area contributed by atoms with Crippen molar-refractivity contribution in [1.29, 1.82) is 0 Å². The van der Waals surface area contributed by atoms with Crippen molar-refractivity contribution in [3.05, 3.63) is 58.1 Å². The number of carbonyl (C=O) groups is 1. The van der Waals surface area contributed by atoms with E-state index < -0.39 is 5.67 Å². The Hall–Kier alpha value is -1.32. The maximum Gasteiger partial charge on any atom is 0.244 e. The number of hydrogen-bond acceptors (Lipinski definition) is 1. The number of nitrogens with one attached hydrogen (secondary N) is 1. The SMILES string of the molecule is CC(C)C(C)NC(=O)/C=C/C=C/C1(F)CC1c1ccc(Cl)c(Cl)c1. The normalized spacial score (nSPS) is 24.7. The number of amides is 1. The highest BCUT2D eigenvalue weighted by molar-refractivity contribution is 6.42. The smallest absolute Gasteiger partial charge is 0.244 e. The number of alkyl halides is 1. The summed E-state index contributed by atoms with van der Waals surface area (Å²) in [7, 11) is 0. The van der Waals surface area contributed by atoms with Crippen molar-refractivity contribution in [1.82, 2.24) is 5.32 Å². The maximum absolute atomic E-state index is 14.6. The van der Waals surface area contributed by atoms with E-state index in [4.69, 9.17) is 23.2 Å². The van der Waals surface area contributed by atoms with E-state index in [2.05, 4.69) is 5.32 Å². The predicted molar refractivity (Wildman–Crippen MR) is 98.4 cm³/mol. The summed E-state index contributed by atoms with van der Waals surface area (Å²) in [5, 5.41) is 3.76. The first-order valence-electron chi connectivity index (χ1n) is 8.03. The fourth-order valence-electron chi connectivity index (χ4n) is 2.36. The van der Waals surface area contributed by atoms with Crippen molar-refractivity contribution < 1.29 is 9.18 Å². The van der Waals surface area contributed by atoms with Crippen LogP contribution in [0.3, 0.4) is 0 Å². The van der Waals surface area contributed by atoms with E-state index >= 15 is 0 Å². The van der Waals surface area contributed by atoms with Gasteiger partial charge < -0.3 is 5.32 Å². The Morgan fingerprint density at radius 1 is 1.29 bits per heavy atom. The lowest BCUT2D eigenvalue weighted by atomic mass is 10.1. The Bertz CT molecular complexity index is 671. The Labute approximate surface area is 152 Å². The average Bonchev–Trinajstić information content (AvgIpc) is 3.18. The Morgan fingerprint density at radius 2 is 2.00 bits per heavy atom. The van der Waals surface area contributed by atoms with Gasteiger partial charge in [0.25, 0.3) is 0 Å². The minimum Gasteiger partial charge on any atom is -0.350 e. The van der Waals surface area contributed by atoms with Crippen molar-refractivity contribution >= 4 is 29.1 Å². The van der Waals surface area contributed by atoms with Crippen LogP contribution in [0.2, 0.25) is 10.0 Å². The summed E-state index contributed by atoms with van der Waals surface area (Å²) >= 11 is 11.9. The molecular weight excluding hydrogens is 348 g/mol. The summed E-state index contributed by atoms with van der Waals surface area (Å²) in [5.41, 5.74) is -0.549. The van der Waals surface area contributed by atoms with Crippen LogP contribution in [0, 0.1) is 5.92 Å². The summed E-state index contributed by atoms with van der Waals surface area (Å²) in [5.74, 6) is -0.0253. The first-order chi connectivity index (χ1) is 11.2. The molecule has 3 atom stereocenters. The first-order valence-corrected chi connectivity index (χ1v) is 8.79. The molecule has 0 aromatic heterocycles. The van der Waals surface area contributed by atoms with E-state index in [-0.39, 0.29) is 17.9 Å². The Balaban J connectivity index is 1.89. The van der Waals surface area contributed by atoms with Crippen molar-refractivity contribution in [2.75, 3.05) is 0 Å². The molecule has 0 bridgehead atoms. The quantitative estimate of drug-likeness (QED) is 0.523. The minimum absolute atomic E-state index is 0.0983. The highest BCUT2D eigenvalue weighted by atomic mass is 35.5. The molecule has 1 N–H and O–H groups in total. The van der Waals surface area contributed by atoms with Crippen LogP contribution in [-0.4, -0.2) is 17.6 Å². The van der Waals surface area contributed by atoms with Crippen LogP contribution in [0.5, 0.6) is 0 Å². The first kappa shape index (κ1) is 19.0. The fraction of sp³-hybridized carbons (Fsp3) is 0.421. The molecular formula is C19H22Cl2FNO. The topological polar surface area (TPSA) is 29.1 Å². The van der Waals surface area contributed by atoms with Crippen molar-refractivity contribution in [3.63, 3.8) is 0 Å². The van der Waals surface area contributed by atoms with E-state index in [9.17, 15) is 9.18 Å². The monoisotopic (exact) mass is 369 g/mol. The predicted octanol–water partition coefficient (Wildman–Crippen LogP) is 5.46. The molecule has 2 nitrogen and oxygen atoms in total. The molecule has 0 spiro atoms. The van der Waals surface area contributed by atoms with Crippen molar-refractivity contribution in [3.8, 4) is 0 Å². The third-order valence-corrected chi connectivity index (χ3v) is 5.12. The number of halogens is 3. The zero-order valence-electron chi connectivity index (χ0n) is 14.0. The van der Waals surface area contributed by atoms with Gasteiger partial charge in [0.05, 0.1) is 10.0 Å². The van der Waals surface area contributed by atoms with Gasteiger partial charge in [0.1, 0.15) is 5.67 Å². The van der Waals surface area contributed by atoms with E-state index in [1.807, 2.05) is 20.8 Å². The van der Waals surface area contributed by atoms with Crippen LogP contribution < -0.4 is 5.32 Å². The molecule has 24 heavy (non-hydrogen) atoms. The zero-order valence-corrected chi connectivity index (χ0v) is 15.5. The molecule has 0 radical (unpaired) electrons. The summed E-state index contributed by atoms with van der Waals surface area (Å²) in [6.45, 7) is 6.03. The second kappa shape index (κ2) is 7.71. The van der Waals surface area contributed by atoms with Gasteiger partial charge in [-0.25, -0.2) is 4.39 Å². The third-order valence-electron chi connectivity index (χ3n) is 4.38. The molecule has 1 aromatic rings. The van der Waals surface area contributed by atoms with Gasteiger partial charge in [-0.1, -0.05) is 55.3 Å². The number of rotatable bonds is 6. The lowest BCUT2D eigenvalue weighted by Crippen LogP contribution is -2.34.